The summed E-state index contributed by atoms with van der Waals surface area (Å²) in [5, 5.41) is 3.27. The molecule has 1 N–H and O–H groups in total. The molecule has 0 spiro atoms. The number of para-hydroxylation sites is 1. The molecule has 3 rings (SSSR count). The smallest absolute Gasteiger partial charge is 0.320 e. The third-order valence-electron chi connectivity index (χ3n) is 3.13. The summed E-state index contributed by atoms with van der Waals surface area (Å²) in [5.41, 5.74) is 1.02. The second-order valence-electron chi connectivity index (χ2n) is 4.56. The summed E-state index contributed by atoms with van der Waals surface area (Å²) in [5.74, 6) is -0.153. The Bertz CT molecular complexity index is 875. The van der Waals surface area contributed by atoms with Crippen LogP contribution < -0.4 is 14.8 Å². The number of methoxy groups -OCH3 is 2. The van der Waals surface area contributed by atoms with E-state index in [0.29, 0.717) is 5.13 Å². The number of fused-ring (bicyclic) bond motifs is 1. The van der Waals surface area contributed by atoms with Crippen molar-refractivity contribution in [3.05, 3.63) is 30.0 Å². The van der Waals surface area contributed by atoms with Gasteiger partial charge in [-0.3, -0.25) is 10.1 Å². The number of ether oxygens (including phenoxy) is 2. The number of nitrogens with one attached hydrogen (secondary N) is 1. The average Bonchev–Trinajstić information content (AvgIpc) is 3.03. The van der Waals surface area contributed by atoms with Crippen LogP contribution in [-0.4, -0.2) is 41.3 Å². The molecular weight excluding hydrogens is 348 g/mol. The zero-order chi connectivity index (χ0) is 17.1. The van der Waals surface area contributed by atoms with Crippen molar-refractivity contribution >= 4 is 44.4 Å². The molecule has 1 aromatic carbocycles. The summed E-state index contributed by atoms with van der Waals surface area (Å²) in [6.45, 7) is 0. The van der Waals surface area contributed by atoms with Crippen LogP contribution in [0.4, 0.5) is 5.13 Å². The maximum absolute atomic E-state index is 12.4. The summed E-state index contributed by atoms with van der Waals surface area (Å²) >= 11 is 3.02. The fraction of sp³-hybridized carbons (Fsp3) is 0.200. The van der Waals surface area contributed by atoms with E-state index in [1.54, 1.807) is 11.8 Å². The van der Waals surface area contributed by atoms with Crippen LogP contribution in [0.25, 0.3) is 10.2 Å². The fourth-order valence-electron chi connectivity index (χ4n) is 2.02. The van der Waals surface area contributed by atoms with Crippen LogP contribution in [0.1, 0.15) is 10.5 Å². The predicted octanol–water partition coefficient (Wildman–Crippen LogP) is 3.08. The van der Waals surface area contributed by atoms with E-state index >= 15 is 0 Å². The molecule has 0 radical (unpaired) electrons. The molecule has 0 saturated carbocycles. The number of aromatic nitrogens is 3. The molecule has 0 saturated heterocycles. The van der Waals surface area contributed by atoms with Gasteiger partial charge in [0.2, 0.25) is 5.88 Å². The van der Waals surface area contributed by atoms with Crippen LogP contribution >= 0.6 is 23.1 Å². The molecule has 0 fully saturated rings. The van der Waals surface area contributed by atoms with E-state index in [0.717, 1.165) is 15.1 Å². The zero-order valence-corrected chi connectivity index (χ0v) is 14.8. The van der Waals surface area contributed by atoms with Crippen molar-refractivity contribution in [2.24, 2.45) is 0 Å². The van der Waals surface area contributed by atoms with Crippen LogP contribution in [0.15, 0.2) is 29.2 Å². The Hall–Kier alpha value is -2.39. The van der Waals surface area contributed by atoms with Gasteiger partial charge in [-0.05, 0) is 18.4 Å². The molecular formula is C15H14N4O3S2. The van der Waals surface area contributed by atoms with Gasteiger partial charge in [0.25, 0.3) is 5.91 Å². The Morgan fingerprint density at radius 3 is 2.75 bits per heavy atom. The van der Waals surface area contributed by atoms with E-state index in [-0.39, 0.29) is 17.6 Å². The molecule has 124 valence electrons. The molecule has 0 unspecified atom stereocenters. The van der Waals surface area contributed by atoms with Crippen molar-refractivity contribution in [1.82, 2.24) is 15.0 Å². The lowest BCUT2D eigenvalue weighted by atomic mass is 10.3. The van der Waals surface area contributed by atoms with E-state index < -0.39 is 5.91 Å². The largest absolute Gasteiger partial charge is 0.481 e. The summed E-state index contributed by atoms with van der Waals surface area (Å²) in [7, 11) is 2.88. The Kier molecular flexibility index (Phi) is 4.81. The predicted molar refractivity (Wildman–Crippen MR) is 94.5 cm³/mol. The fourth-order valence-corrected chi connectivity index (χ4v) is 3.53. The first-order chi connectivity index (χ1) is 11.6. The lowest BCUT2D eigenvalue weighted by Gasteiger charge is -2.05. The van der Waals surface area contributed by atoms with Gasteiger partial charge in [-0.1, -0.05) is 17.4 Å². The van der Waals surface area contributed by atoms with Gasteiger partial charge in [0.15, 0.2) is 5.13 Å². The van der Waals surface area contributed by atoms with Crippen molar-refractivity contribution in [2.75, 3.05) is 25.8 Å². The minimum atomic E-state index is -0.404. The number of carbonyl (C=O) groups excluding carboxylic acids is 1. The van der Waals surface area contributed by atoms with E-state index in [9.17, 15) is 4.79 Å². The van der Waals surface area contributed by atoms with Gasteiger partial charge in [-0.2, -0.15) is 9.97 Å². The number of benzene rings is 1. The van der Waals surface area contributed by atoms with Crippen LogP contribution in [0, 0.1) is 0 Å². The summed E-state index contributed by atoms with van der Waals surface area (Å²) in [6.07, 6.45) is 1.99. The topological polar surface area (TPSA) is 86.2 Å². The van der Waals surface area contributed by atoms with Crippen molar-refractivity contribution in [3.63, 3.8) is 0 Å². The Morgan fingerprint density at radius 1 is 1.21 bits per heavy atom. The molecule has 24 heavy (non-hydrogen) atoms. The molecule has 3 aromatic rings. The Morgan fingerprint density at radius 2 is 2.04 bits per heavy atom. The van der Waals surface area contributed by atoms with Gasteiger partial charge < -0.3 is 9.47 Å². The highest BCUT2D eigenvalue weighted by Gasteiger charge is 2.15. The number of anilines is 1. The van der Waals surface area contributed by atoms with Crippen LogP contribution in [0.2, 0.25) is 0 Å². The molecule has 1 amide bonds. The maximum atomic E-state index is 12.4. The molecule has 7 nitrogen and oxygen atoms in total. The van der Waals surface area contributed by atoms with E-state index in [2.05, 4.69) is 20.3 Å². The first kappa shape index (κ1) is 16.5. The number of rotatable bonds is 5. The second kappa shape index (κ2) is 7.02. The number of hydrogen-bond acceptors (Lipinski definition) is 8. The van der Waals surface area contributed by atoms with Crippen molar-refractivity contribution < 1.29 is 14.3 Å². The monoisotopic (exact) mass is 362 g/mol. The minimum Gasteiger partial charge on any atom is -0.481 e. The highest BCUT2D eigenvalue weighted by atomic mass is 32.2. The highest BCUT2D eigenvalue weighted by Crippen LogP contribution is 2.32. The quantitative estimate of drug-likeness (QED) is 0.698. The number of thioether (sulfide) groups is 1. The Labute approximate surface area is 146 Å². The third-order valence-corrected chi connectivity index (χ3v) is 4.83. The van der Waals surface area contributed by atoms with Crippen molar-refractivity contribution in [2.45, 2.75) is 4.90 Å². The maximum Gasteiger partial charge on any atom is 0.320 e. The molecule has 2 heterocycles. The van der Waals surface area contributed by atoms with E-state index in [4.69, 9.17) is 9.47 Å². The average molecular weight is 362 g/mol. The number of carbonyl (C=O) groups is 1. The van der Waals surface area contributed by atoms with Crippen molar-refractivity contribution in [1.29, 1.82) is 0 Å². The van der Waals surface area contributed by atoms with Gasteiger partial charge >= 0.3 is 6.01 Å². The van der Waals surface area contributed by atoms with E-state index in [1.807, 2.05) is 24.5 Å². The minimum absolute atomic E-state index is 0.0634. The lowest BCUT2D eigenvalue weighted by Crippen LogP contribution is -2.14. The molecule has 0 bridgehead atoms. The zero-order valence-electron chi connectivity index (χ0n) is 13.2. The van der Waals surface area contributed by atoms with E-state index in [1.165, 1.54) is 31.6 Å². The first-order valence-corrected chi connectivity index (χ1v) is 8.90. The normalized spacial score (nSPS) is 10.6. The van der Waals surface area contributed by atoms with Crippen LogP contribution in [0.3, 0.4) is 0 Å². The highest BCUT2D eigenvalue weighted by molar-refractivity contribution is 7.98. The summed E-state index contributed by atoms with van der Waals surface area (Å²) in [6, 6.07) is 7.45. The first-order valence-electron chi connectivity index (χ1n) is 6.86. The molecule has 0 aliphatic carbocycles. The van der Waals surface area contributed by atoms with Gasteiger partial charge in [-0.25, -0.2) is 4.98 Å². The van der Waals surface area contributed by atoms with Gasteiger partial charge in [0.1, 0.15) is 5.69 Å². The molecule has 0 aliphatic heterocycles. The molecule has 9 heteroatoms. The number of amides is 1. The molecule has 0 aliphatic rings. The van der Waals surface area contributed by atoms with Gasteiger partial charge in [-0.15, -0.1) is 11.8 Å². The van der Waals surface area contributed by atoms with Crippen LogP contribution in [0.5, 0.6) is 11.9 Å². The standard InChI is InChI=1S/C15H14N4O3S2/c1-21-11-7-8(16-14(17-11)22-2)13(20)19-15-18-12-9(23-3)5-4-6-10(12)24-15/h4-7H,1-3H3,(H,18,19,20). The Balaban J connectivity index is 1.90. The number of nitrogens with zero attached hydrogens (tertiary/aromatic N) is 3. The van der Waals surface area contributed by atoms with Crippen molar-refractivity contribution in [3.8, 4) is 11.9 Å². The summed E-state index contributed by atoms with van der Waals surface area (Å²) < 4.78 is 11.0. The second-order valence-corrected chi connectivity index (χ2v) is 6.44. The number of hydrogen-bond donors (Lipinski definition) is 1. The van der Waals surface area contributed by atoms with Gasteiger partial charge in [0, 0.05) is 11.0 Å². The molecule has 2 aromatic heterocycles. The summed E-state index contributed by atoms with van der Waals surface area (Å²) in [4.78, 5) is 26.0. The SMILES string of the molecule is COc1cc(C(=O)Nc2nc3c(SC)cccc3s2)nc(OC)n1. The third kappa shape index (κ3) is 3.26. The lowest BCUT2D eigenvalue weighted by molar-refractivity contribution is 0.102. The number of thiazole rings is 1. The van der Waals surface area contributed by atoms with Gasteiger partial charge in [0.05, 0.1) is 24.4 Å². The molecule has 0 atom stereocenters. The van der Waals surface area contributed by atoms with Crippen LogP contribution in [-0.2, 0) is 0 Å².